The maximum Gasteiger partial charge on any atom is 0.241 e. The summed E-state index contributed by atoms with van der Waals surface area (Å²) in [7, 11) is 1.81. The van der Waals surface area contributed by atoms with Gasteiger partial charge in [-0.3, -0.25) is 24.4 Å². The molecule has 7 heteroatoms. The monoisotopic (exact) mass is 399 g/mol. The molecule has 3 fully saturated rings. The minimum Gasteiger partial charge on any atom is -0.342 e. The highest BCUT2D eigenvalue weighted by Gasteiger charge is 2.35. The number of carbonyl (C=O) groups is 2. The van der Waals surface area contributed by atoms with Crippen LogP contribution in [-0.4, -0.2) is 95.3 Å². The molecule has 1 atom stereocenters. The molecule has 158 valence electrons. The van der Waals surface area contributed by atoms with Crippen molar-refractivity contribution in [3.63, 3.8) is 0 Å². The molecule has 1 aromatic rings. The fourth-order valence-electron chi connectivity index (χ4n) is 4.94. The summed E-state index contributed by atoms with van der Waals surface area (Å²) >= 11 is 0. The van der Waals surface area contributed by atoms with Crippen LogP contribution in [0.4, 0.5) is 0 Å². The van der Waals surface area contributed by atoms with Crippen LogP contribution in [-0.2, 0) is 16.1 Å². The number of likely N-dealkylation sites (N-methyl/N-ethyl adjacent to an activating group) is 1. The molecular weight excluding hydrogens is 366 g/mol. The van der Waals surface area contributed by atoms with Crippen LogP contribution >= 0.6 is 0 Å². The lowest BCUT2D eigenvalue weighted by Gasteiger charge is -2.43. The van der Waals surface area contributed by atoms with E-state index in [9.17, 15) is 9.59 Å². The van der Waals surface area contributed by atoms with Gasteiger partial charge in [0, 0.05) is 51.7 Å². The molecule has 3 aliphatic heterocycles. The summed E-state index contributed by atoms with van der Waals surface area (Å²) in [6.07, 6.45) is 8.13. The van der Waals surface area contributed by atoms with Crippen molar-refractivity contribution in [1.82, 2.24) is 24.6 Å². The normalized spacial score (nSPS) is 25.4. The lowest BCUT2D eigenvalue weighted by molar-refractivity contribution is -0.148. The molecule has 4 heterocycles. The molecular formula is C22H33N5O2. The van der Waals surface area contributed by atoms with Gasteiger partial charge in [-0.05, 0) is 56.9 Å². The van der Waals surface area contributed by atoms with Crippen molar-refractivity contribution in [3.8, 4) is 0 Å². The molecule has 0 aromatic carbocycles. The Morgan fingerprint density at radius 3 is 2.69 bits per heavy atom. The first-order valence-electron chi connectivity index (χ1n) is 11.0. The number of piperidine rings is 2. The second kappa shape index (κ2) is 9.22. The van der Waals surface area contributed by atoms with Crippen LogP contribution in [0.2, 0.25) is 0 Å². The Bertz CT molecular complexity index is 704. The van der Waals surface area contributed by atoms with Gasteiger partial charge in [-0.2, -0.15) is 0 Å². The summed E-state index contributed by atoms with van der Waals surface area (Å²) in [6, 6.07) is 4.72. The van der Waals surface area contributed by atoms with E-state index in [0.29, 0.717) is 19.1 Å². The van der Waals surface area contributed by atoms with Crippen molar-refractivity contribution in [2.75, 3.05) is 52.9 Å². The summed E-state index contributed by atoms with van der Waals surface area (Å²) < 4.78 is 0. The zero-order valence-corrected chi connectivity index (χ0v) is 17.5. The number of aromatic nitrogens is 1. The minimum absolute atomic E-state index is 0.0494. The fourth-order valence-corrected chi connectivity index (χ4v) is 4.94. The van der Waals surface area contributed by atoms with Crippen molar-refractivity contribution in [2.45, 2.75) is 38.3 Å². The lowest BCUT2D eigenvalue weighted by atomic mass is 9.92. The summed E-state index contributed by atoms with van der Waals surface area (Å²) in [4.78, 5) is 37.8. The van der Waals surface area contributed by atoms with Crippen LogP contribution in [0.15, 0.2) is 24.5 Å². The third kappa shape index (κ3) is 4.95. The molecule has 3 saturated heterocycles. The largest absolute Gasteiger partial charge is 0.342 e. The molecule has 0 radical (unpaired) electrons. The van der Waals surface area contributed by atoms with E-state index in [1.54, 1.807) is 9.80 Å². The summed E-state index contributed by atoms with van der Waals surface area (Å²) in [6.45, 7) is 6.69. The highest BCUT2D eigenvalue weighted by Crippen LogP contribution is 2.26. The van der Waals surface area contributed by atoms with Crippen molar-refractivity contribution < 1.29 is 9.59 Å². The molecule has 4 rings (SSSR count). The molecule has 3 aliphatic rings. The van der Waals surface area contributed by atoms with Gasteiger partial charge in [-0.25, -0.2) is 0 Å². The zero-order valence-electron chi connectivity index (χ0n) is 17.5. The number of carbonyl (C=O) groups excluding carboxylic acids is 2. The third-order valence-electron chi connectivity index (χ3n) is 6.77. The average molecular weight is 400 g/mol. The summed E-state index contributed by atoms with van der Waals surface area (Å²) in [5.74, 6) is 0.289. The number of hydrogen-bond acceptors (Lipinski definition) is 5. The number of hydrogen-bond donors (Lipinski definition) is 0. The Morgan fingerprint density at radius 2 is 1.97 bits per heavy atom. The Balaban J connectivity index is 1.27. The molecule has 1 aromatic heterocycles. The van der Waals surface area contributed by atoms with Crippen molar-refractivity contribution in [3.05, 3.63) is 30.1 Å². The van der Waals surface area contributed by atoms with Crippen LogP contribution in [0.1, 0.15) is 31.2 Å². The van der Waals surface area contributed by atoms with Crippen LogP contribution in [0, 0.1) is 5.92 Å². The number of piperazine rings is 1. The Labute approximate surface area is 173 Å². The van der Waals surface area contributed by atoms with Crippen LogP contribution < -0.4 is 0 Å². The number of rotatable bonds is 4. The predicted octanol–water partition coefficient (Wildman–Crippen LogP) is 1.06. The van der Waals surface area contributed by atoms with Gasteiger partial charge < -0.3 is 9.80 Å². The van der Waals surface area contributed by atoms with E-state index in [1.807, 2.05) is 25.5 Å². The SMILES string of the molecule is CN1CCN(C(=O)C2CCCN(C3CCN(Cc4cccnc4)CC3)C2)CC1=O. The number of pyridine rings is 1. The molecule has 1 unspecified atom stereocenters. The van der Waals surface area contributed by atoms with Gasteiger partial charge in [-0.1, -0.05) is 6.07 Å². The van der Waals surface area contributed by atoms with E-state index >= 15 is 0 Å². The average Bonchev–Trinajstić information content (AvgIpc) is 2.76. The van der Waals surface area contributed by atoms with E-state index in [-0.39, 0.29) is 24.3 Å². The molecule has 7 nitrogen and oxygen atoms in total. The Morgan fingerprint density at radius 1 is 1.14 bits per heavy atom. The van der Waals surface area contributed by atoms with Crippen molar-refractivity contribution >= 4 is 11.8 Å². The molecule has 0 bridgehead atoms. The van der Waals surface area contributed by atoms with Gasteiger partial charge in [0.1, 0.15) is 0 Å². The highest BCUT2D eigenvalue weighted by molar-refractivity contribution is 5.87. The lowest BCUT2D eigenvalue weighted by Crippen LogP contribution is -2.55. The molecule has 0 N–H and O–H groups in total. The topological polar surface area (TPSA) is 60.0 Å². The van der Waals surface area contributed by atoms with Gasteiger partial charge >= 0.3 is 0 Å². The molecule has 0 spiro atoms. The highest BCUT2D eigenvalue weighted by atomic mass is 16.2. The van der Waals surface area contributed by atoms with Crippen LogP contribution in [0.5, 0.6) is 0 Å². The predicted molar refractivity (Wildman–Crippen MR) is 111 cm³/mol. The van der Waals surface area contributed by atoms with Gasteiger partial charge in [0.2, 0.25) is 11.8 Å². The first-order valence-corrected chi connectivity index (χ1v) is 11.0. The Hall–Kier alpha value is -1.99. The number of likely N-dealkylation sites (tertiary alicyclic amines) is 2. The standard InChI is InChI=1S/C22H33N5O2/c1-24-12-13-27(17-21(24)28)22(29)19-5-3-9-26(16-19)20-6-10-25(11-7-20)15-18-4-2-8-23-14-18/h2,4,8,14,19-20H,3,5-7,9-13,15-17H2,1H3. The number of amides is 2. The van der Waals surface area contributed by atoms with E-state index in [0.717, 1.165) is 58.4 Å². The minimum atomic E-state index is 0.0494. The van der Waals surface area contributed by atoms with Crippen molar-refractivity contribution in [2.24, 2.45) is 5.92 Å². The van der Waals surface area contributed by atoms with Gasteiger partial charge in [0.05, 0.1) is 12.5 Å². The third-order valence-corrected chi connectivity index (χ3v) is 6.77. The maximum atomic E-state index is 13.0. The van der Waals surface area contributed by atoms with E-state index in [4.69, 9.17) is 0 Å². The summed E-state index contributed by atoms with van der Waals surface area (Å²) in [5.41, 5.74) is 1.27. The second-order valence-electron chi connectivity index (χ2n) is 8.78. The number of nitrogens with zero attached hydrogens (tertiary/aromatic N) is 5. The maximum absolute atomic E-state index is 13.0. The second-order valence-corrected chi connectivity index (χ2v) is 8.78. The summed E-state index contributed by atoms with van der Waals surface area (Å²) in [5, 5.41) is 0. The van der Waals surface area contributed by atoms with E-state index in [1.165, 1.54) is 5.56 Å². The molecule has 0 aliphatic carbocycles. The van der Waals surface area contributed by atoms with Crippen molar-refractivity contribution in [1.29, 1.82) is 0 Å². The fraction of sp³-hybridized carbons (Fsp3) is 0.682. The molecule has 29 heavy (non-hydrogen) atoms. The van der Waals surface area contributed by atoms with Gasteiger partial charge in [-0.15, -0.1) is 0 Å². The first kappa shape index (κ1) is 20.3. The van der Waals surface area contributed by atoms with Gasteiger partial charge in [0.25, 0.3) is 0 Å². The van der Waals surface area contributed by atoms with Gasteiger partial charge in [0.15, 0.2) is 0 Å². The smallest absolute Gasteiger partial charge is 0.241 e. The quantitative estimate of drug-likeness (QED) is 0.758. The Kier molecular flexibility index (Phi) is 6.45. The van der Waals surface area contributed by atoms with Crippen LogP contribution in [0.3, 0.4) is 0 Å². The molecule has 2 amide bonds. The van der Waals surface area contributed by atoms with E-state index < -0.39 is 0 Å². The first-order chi connectivity index (χ1) is 14.1. The molecule has 0 saturated carbocycles. The van der Waals surface area contributed by atoms with Crippen LogP contribution in [0.25, 0.3) is 0 Å². The zero-order chi connectivity index (χ0) is 20.2. The van der Waals surface area contributed by atoms with E-state index in [2.05, 4.69) is 20.9 Å².